The summed E-state index contributed by atoms with van der Waals surface area (Å²) in [6, 6.07) is 11.0. The van der Waals surface area contributed by atoms with Crippen LogP contribution in [0.3, 0.4) is 0 Å². The van der Waals surface area contributed by atoms with Crippen LogP contribution < -0.4 is 5.32 Å². The zero-order valence-corrected chi connectivity index (χ0v) is 13.6. The third-order valence-corrected chi connectivity index (χ3v) is 3.80. The second-order valence-electron chi connectivity index (χ2n) is 5.60. The first-order chi connectivity index (χ1) is 12.9. The molecule has 140 valence electrons. The lowest BCUT2D eigenvalue weighted by Gasteiger charge is -2.18. The number of carbonyl (C=O) groups is 1. The summed E-state index contributed by atoms with van der Waals surface area (Å²) in [5.74, 6) is -0.914. The van der Waals surface area contributed by atoms with E-state index in [4.69, 9.17) is 0 Å². The van der Waals surface area contributed by atoms with Gasteiger partial charge in [-0.1, -0.05) is 47.7 Å². The molecule has 0 bridgehead atoms. The molecule has 2 N–H and O–H groups in total. The van der Waals surface area contributed by atoms with Crippen molar-refractivity contribution in [3.05, 3.63) is 77.1 Å². The number of halogens is 4. The van der Waals surface area contributed by atoms with E-state index in [-0.39, 0.29) is 11.4 Å². The Balaban J connectivity index is 1.79. The van der Waals surface area contributed by atoms with Crippen molar-refractivity contribution in [2.24, 2.45) is 0 Å². The van der Waals surface area contributed by atoms with E-state index in [2.05, 4.69) is 25.9 Å². The molecule has 3 aromatic rings. The molecule has 1 amide bonds. The van der Waals surface area contributed by atoms with E-state index in [1.165, 1.54) is 0 Å². The van der Waals surface area contributed by atoms with Gasteiger partial charge in [0.2, 0.25) is 12.0 Å². The van der Waals surface area contributed by atoms with E-state index in [0.29, 0.717) is 5.56 Å². The Morgan fingerprint density at radius 1 is 1.00 bits per heavy atom. The Morgan fingerprint density at radius 3 is 2.22 bits per heavy atom. The highest BCUT2D eigenvalue weighted by Crippen LogP contribution is 2.30. The largest absolute Gasteiger partial charge is 0.416 e. The Hall–Kier alpha value is -3.30. The van der Waals surface area contributed by atoms with Crippen LogP contribution in [-0.2, 0) is 11.0 Å². The first-order valence-electron chi connectivity index (χ1n) is 7.76. The fourth-order valence-electron chi connectivity index (χ4n) is 2.44. The highest BCUT2D eigenvalue weighted by Gasteiger charge is 2.31. The van der Waals surface area contributed by atoms with E-state index in [1.807, 2.05) is 0 Å². The van der Waals surface area contributed by atoms with Gasteiger partial charge < -0.3 is 5.32 Å². The van der Waals surface area contributed by atoms with E-state index in [1.54, 1.807) is 30.3 Å². The normalized spacial score (nSPS) is 13.8. The summed E-state index contributed by atoms with van der Waals surface area (Å²) in [5, 5.41) is 15.7. The molecular formula is C17H13F4N5O. The van der Waals surface area contributed by atoms with Crippen molar-refractivity contribution >= 4 is 5.91 Å². The van der Waals surface area contributed by atoms with Gasteiger partial charge in [0.05, 0.1) is 5.56 Å². The minimum absolute atomic E-state index is 0.120. The number of alkyl halides is 4. The third-order valence-electron chi connectivity index (χ3n) is 3.80. The van der Waals surface area contributed by atoms with Gasteiger partial charge in [-0.2, -0.15) is 18.4 Å². The van der Waals surface area contributed by atoms with E-state index in [0.717, 1.165) is 24.3 Å². The summed E-state index contributed by atoms with van der Waals surface area (Å²) in [7, 11) is 0. The predicted octanol–water partition coefficient (Wildman–Crippen LogP) is 3.13. The van der Waals surface area contributed by atoms with Gasteiger partial charge in [0, 0.05) is 0 Å². The number of amides is 1. The van der Waals surface area contributed by atoms with Crippen molar-refractivity contribution in [1.29, 1.82) is 0 Å². The molecule has 2 unspecified atom stereocenters. The molecule has 1 heterocycles. The van der Waals surface area contributed by atoms with Crippen molar-refractivity contribution < 1.29 is 22.4 Å². The van der Waals surface area contributed by atoms with Crippen LogP contribution in [0.15, 0.2) is 54.6 Å². The number of H-pyrrole nitrogens is 1. The molecule has 0 fully saturated rings. The van der Waals surface area contributed by atoms with Crippen molar-refractivity contribution in [1.82, 2.24) is 25.9 Å². The Bertz CT molecular complexity index is 882. The first-order valence-corrected chi connectivity index (χ1v) is 7.76. The topological polar surface area (TPSA) is 83.6 Å². The fourth-order valence-corrected chi connectivity index (χ4v) is 2.44. The van der Waals surface area contributed by atoms with Gasteiger partial charge in [-0.15, -0.1) is 10.2 Å². The Morgan fingerprint density at radius 2 is 1.67 bits per heavy atom. The lowest BCUT2D eigenvalue weighted by atomic mass is 10.0. The SMILES string of the molecule is O=C(NC(c1ccccc1)c1nn[nH]n1)C(F)c1ccc(C(F)(F)F)cc1. The third kappa shape index (κ3) is 4.27. The van der Waals surface area contributed by atoms with E-state index < -0.39 is 29.9 Å². The fraction of sp³-hybridized carbons (Fsp3) is 0.176. The number of benzene rings is 2. The molecule has 2 atom stereocenters. The number of hydrogen-bond acceptors (Lipinski definition) is 4. The van der Waals surface area contributed by atoms with Crippen LogP contribution in [-0.4, -0.2) is 26.5 Å². The minimum atomic E-state index is -4.54. The Kier molecular flexibility index (Phi) is 5.15. The molecule has 6 nitrogen and oxygen atoms in total. The van der Waals surface area contributed by atoms with Crippen molar-refractivity contribution in [3.8, 4) is 0 Å². The van der Waals surface area contributed by atoms with Gasteiger partial charge in [0.15, 0.2) is 0 Å². The van der Waals surface area contributed by atoms with Crippen LogP contribution in [0.25, 0.3) is 0 Å². The zero-order chi connectivity index (χ0) is 19.4. The highest BCUT2D eigenvalue weighted by atomic mass is 19.4. The molecular weight excluding hydrogens is 366 g/mol. The number of nitrogens with one attached hydrogen (secondary N) is 2. The molecule has 0 aliphatic carbocycles. The van der Waals surface area contributed by atoms with Gasteiger partial charge in [-0.25, -0.2) is 4.39 Å². The quantitative estimate of drug-likeness (QED) is 0.667. The maximum Gasteiger partial charge on any atom is 0.416 e. The average molecular weight is 379 g/mol. The molecule has 1 aromatic heterocycles. The summed E-state index contributed by atoms with van der Waals surface area (Å²) in [6.07, 6.45) is -6.70. The van der Waals surface area contributed by atoms with Crippen LogP contribution in [0, 0.1) is 0 Å². The number of aromatic nitrogens is 4. The zero-order valence-electron chi connectivity index (χ0n) is 13.6. The molecule has 0 saturated carbocycles. The molecule has 0 saturated heterocycles. The summed E-state index contributed by atoms with van der Waals surface area (Å²) < 4.78 is 52.3. The van der Waals surface area contributed by atoms with Crippen molar-refractivity contribution in [2.75, 3.05) is 0 Å². The molecule has 0 aliphatic heterocycles. The summed E-state index contributed by atoms with van der Waals surface area (Å²) in [4.78, 5) is 12.3. The molecule has 0 aliphatic rings. The Labute approximate surface area is 150 Å². The van der Waals surface area contributed by atoms with Crippen molar-refractivity contribution in [2.45, 2.75) is 18.4 Å². The molecule has 0 radical (unpaired) electrons. The van der Waals surface area contributed by atoms with Gasteiger partial charge >= 0.3 is 6.18 Å². The van der Waals surface area contributed by atoms with Gasteiger partial charge in [-0.3, -0.25) is 4.79 Å². The maximum absolute atomic E-state index is 14.5. The molecule has 3 rings (SSSR count). The lowest BCUT2D eigenvalue weighted by Crippen LogP contribution is -2.33. The second kappa shape index (κ2) is 7.52. The van der Waals surface area contributed by atoms with E-state index >= 15 is 0 Å². The number of rotatable bonds is 5. The van der Waals surface area contributed by atoms with Crippen LogP contribution in [0.1, 0.15) is 34.7 Å². The van der Waals surface area contributed by atoms with Crippen LogP contribution in [0.4, 0.5) is 17.6 Å². The minimum Gasteiger partial charge on any atom is -0.339 e. The van der Waals surface area contributed by atoms with Crippen LogP contribution >= 0.6 is 0 Å². The van der Waals surface area contributed by atoms with Crippen LogP contribution in [0.2, 0.25) is 0 Å². The van der Waals surface area contributed by atoms with Crippen molar-refractivity contribution in [3.63, 3.8) is 0 Å². The van der Waals surface area contributed by atoms with Gasteiger partial charge in [0.1, 0.15) is 6.04 Å². The number of aromatic amines is 1. The summed E-state index contributed by atoms with van der Waals surface area (Å²) in [5.41, 5.74) is -0.528. The monoisotopic (exact) mass is 379 g/mol. The average Bonchev–Trinajstić information content (AvgIpc) is 3.20. The molecule has 0 spiro atoms. The first kappa shape index (κ1) is 18.5. The maximum atomic E-state index is 14.5. The number of nitrogens with zero attached hydrogens (tertiary/aromatic N) is 3. The van der Waals surface area contributed by atoms with Gasteiger partial charge in [-0.05, 0) is 23.3 Å². The standard InChI is InChI=1S/C17H13F4N5O/c18-13(10-6-8-12(9-7-10)17(19,20)21)16(27)22-14(15-23-25-26-24-15)11-4-2-1-3-5-11/h1-9,13-14H,(H,22,27)(H,23,24,25,26). The lowest BCUT2D eigenvalue weighted by molar-refractivity contribution is -0.137. The highest BCUT2D eigenvalue weighted by molar-refractivity contribution is 5.82. The van der Waals surface area contributed by atoms with E-state index in [9.17, 15) is 22.4 Å². The number of carbonyl (C=O) groups excluding carboxylic acids is 1. The predicted molar refractivity (Wildman–Crippen MR) is 85.9 cm³/mol. The molecule has 10 heteroatoms. The molecule has 27 heavy (non-hydrogen) atoms. The number of hydrogen-bond donors (Lipinski definition) is 2. The second-order valence-corrected chi connectivity index (χ2v) is 5.60. The summed E-state index contributed by atoms with van der Waals surface area (Å²) in [6.45, 7) is 0. The van der Waals surface area contributed by atoms with Crippen LogP contribution in [0.5, 0.6) is 0 Å². The van der Waals surface area contributed by atoms with Gasteiger partial charge in [0.25, 0.3) is 5.91 Å². The molecule has 2 aromatic carbocycles. The smallest absolute Gasteiger partial charge is 0.339 e. The summed E-state index contributed by atoms with van der Waals surface area (Å²) >= 11 is 0. The number of tetrazole rings is 1.